The van der Waals surface area contributed by atoms with Gasteiger partial charge < -0.3 is 63.4 Å². The first-order chi connectivity index (χ1) is 23.1. The monoisotopic (exact) mass is 678 g/mol. The predicted octanol–water partition coefficient (Wildman–Crippen LogP) is -1.10. The summed E-state index contributed by atoms with van der Waals surface area (Å²) in [6.45, 7) is 7.47. The van der Waals surface area contributed by atoms with Gasteiger partial charge in [0, 0.05) is 123 Å². The molecule has 0 aromatic heterocycles. The Balaban J connectivity index is 0. The van der Waals surface area contributed by atoms with E-state index in [4.69, 9.17) is 64.8 Å². The molecule has 0 aliphatic carbocycles. The second kappa shape index (κ2) is 32.4. The fourth-order valence-corrected chi connectivity index (χ4v) is 4.09. The Morgan fingerprint density at radius 3 is 1.04 bits per heavy atom. The maximum absolute atomic E-state index is 8.85. The number of nitriles is 4. The van der Waals surface area contributed by atoms with Crippen LogP contribution in [-0.4, -0.2) is 143 Å². The lowest BCUT2D eigenvalue weighted by atomic mass is 10.2. The summed E-state index contributed by atoms with van der Waals surface area (Å²) in [6.07, 6.45) is 2.79. The lowest BCUT2D eigenvalue weighted by Gasteiger charge is -2.28. The first-order valence-electron chi connectivity index (χ1n) is 15.6. The van der Waals surface area contributed by atoms with Crippen molar-refractivity contribution in [2.24, 2.45) is 38.4 Å². The summed E-state index contributed by atoms with van der Waals surface area (Å²) in [5, 5.41) is 78.3. The number of nitrogens with one attached hydrogen (secondary N) is 1. The third-order valence-electron chi connectivity index (χ3n) is 6.98. The number of nitrogens with two attached hydrogens (primary N) is 4. The van der Waals surface area contributed by atoms with Gasteiger partial charge >= 0.3 is 0 Å². The van der Waals surface area contributed by atoms with E-state index in [1.54, 1.807) is 0 Å². The summed E-state index contributed by atoms with van der Waals surface area (Å²) in [6, 6.07) is 8.43. The Labute approximate surface area is 283 Å². The van der Waals surface area contributed by atoms with Crippen LogP contribution in [0.1, 0.15) is 51.4 Å². The molecular weight excluding hydrogens is 624 g/mol. The third kappa shape index (κ3) is 27.8. The molecule has 20 nitrogen and oxygen atoms in total. The van der Waals surface area contributed by atoms with E-state index >= 15 is 0 Å². The van der Waals surface area contributed by atoms with Gasteiger partial charge in [0.1, 0.15) is 17.5 Å². The number of hydrogen-bond donors (Lipinski definition) is 9. The van der Waals surface area contributed by atoms with E-state index in [0.29, 0.717) is 117 Å². The van der Waals surface area contributed by atoms with Crippen LogP contribution in [-0.2, 0) is 0 Å². The van der Waals surface area contributed by atoms with Crippen molar-refractivity contribution in [1.82, 2.24) is 25.1 Å². The number of rotatable bonds is 27. The highest BCUT2D eigenvalue weighted by atomic mass is 16.5. The summed E-state index contributed by atoms with van der Waals surface area (Å²) in [7, 11) is 0. The van der Waals surface area contributed by atoms with Crippen molar-refractivity contribution in [3.8, 4) is 24.3 Å². The smallest absolute Gasteiger partial charge is 0.140 e. The standard InChI is InChI=1S/C14H34N10O4.C14H20N6/c15-11(19-25)1-5-23(6-2-12(16)20-26)9-10-24(7-3-13(17)21-27)8-4-14(18)22-28;15-5-1-9-19(10-2-6-16)13-14-20(11-3-7-17)12-4-8-18/h11,19,25-28H,1-10,15H2,(H2,16,20)(H2,17,21)(H2,18,22);1-4,9-14H2. The molecule has 0 aliphatic heterocycles. The molecule has 1 unspecified atom stereocenters. The molecule has 20 heteroatoms. The zero-order valence-electron chi connectivity index (χ0n) is 27.7. The highest BCUT2D eigenvalue weighted by molar-refractivity contribution is 5.80. The van der Waals surface area contributed by atoms with Crippen molar-refractivity contribution >= 4 is 17.5 Å². The first kappa shape index (κ1) is 45.6. The number of oxime groups is 3. The molecule has 48 heavy (non-hydrogen) atoms. The fourth-order valence-electron chi connectivity index (χ4n) is 4.09. The second-order valence-corrected chi connectivity index (χ2v) is 10.5. The second-order valence-electron chi connectivity index (χ2n) is 10.5. The molecule has 0 aromatic carbocycles. The minimum Gasteiger partial charge on any atom is -0.409 e. The fraction of sp³-hybridized carbons (Fsp3) is 0.750. The molecule has 0 rings (SSSR count). The lowest BCUT2D eigenvalue weighted by Crippen LogP contribution is -2.42. The van der Waals surface area contributed by atoms with Crippen LogP contribution >= 0.6 is 0 Å². The Hall–Kier alpha value is -4.51. The highest BCUT2D eigenvalue weighted by Crippen LogP contribution is 2.02. The van der Waals surface area contributed by atoms with Crippen LogP contribution in [0.25, 0.3) is 0 Å². The van der Waals surface area contributed by atoms with Crippen LogP contribution in [0.5, 0.6) is 0 Å². The molecule has 270 valence electrons. The quantitative estimate of drug-likeness (QED) is 0.0163. The highest BCUT2D eigenvalue weighted by Gasteiger charge is 2.13. The Morgan fingerprint density at radius 1 is 0.521 bits per heavy atom. The van der Waals surface area contributed by atoms with Gasteiger partial charge in [-0.05, 0) is 6.42 Å². The van der Waals surface area contributed by atoms with Gasteiger partial charge in [-0.1, -0.05) is 15.5 Å². The van der Waals surface area contributed by atoms with Gasteiger partial charge in [-0.15, -0.1) is 0 Å². The Morgan fingerprint density at radius 2 is 0.792 bits per heavy atom. The van der Waals surface area contributed by atoms with E-state index in [1.807, 2.05) is 10.4 Å². The van der Waals surface area contributed by atoms with E-state index < -0.39 is 6.17 Å². The molecule has 0 fully saturated rings. The lowest BCUT2D eigenvalue weighted by molar-refractivity contribution is 0.114. The van der Waals surface area contributed by atoms with Gasteiger partial charge in [0.2, 0.25) is 0 Å². The summed E-state index contributed by atoms with van der Waals surface area (Å²) in [5.74, 6) is 0.334. The van der Waals surface area contributed by atoms with E-state index in [0.717, 1.165) is 13.1 Å². The molecule has 13 N–H and O–H groups in total. The molecule has 0 amide bonds. The molecule has 0 radical (unpaired) electrons. The number of hydrogen-bond acceptors (Lipinski definition) is 17. The van der Waals surface area contributed by atoms with Crippen molar-refractivity contribution in [3.63, 3.8) is 0 Å². The summed E-state index contributed by atoms with van der Waals surface area (Å²) < 4.78 is 0. The zero-order chi connectivity index (χ0) is 36.4. The Kier molecular flexibility index (Phi) is 30.8. The van der Waals surface area contributed by atoms with Gasteiger partial charge in [-0.3, -0.25) is 0 Å². The van der Waals surface area contributed by atoms with E-state index in [1.165, 1.54) is 0 Å². The van der Waals surface area contributed by atoms with Crippen LogP contribution in [0.15, 0.2) is 15.5 Å². The van der Waals surface area contributed by atoms with Crippen LogP contribution in [0.4, 0.5) is 0 Å². The number of nitrogens with zero attached hydrogens (tertiary/aromatic N) is 11. The number of hydroxylamine groups is 1. The molecule has 0 aromatic rings. The Bertz CT molecular complexity index is 981. The van der Waals surface area contributed by atoms with Gasteiger partial charge in [0.05, 0.1) is 30.4 Å². The van der Waals surface area contributed by atoms with Crippen molar-refractivity contribution in [1.29, 1.82) is 21.0 Å². The zero-order valence-corrected chi connectivity index (χ0v) is 27.7. The van der Waals surface area contributed by atoms with E-state index in [9.17, 15) is 0 Å². The average Bonchev–Trinajstić information content (AvgIpc) is 3.11. The number of amidine groups is 3. The van der Waals surface area contributed by atoms with Gasteiger partial charge in [-0.25, -0.2) is 0 Å². The molecule has 0 heterocycles. The van der Waals surface area contributed by atoms with Crippen molar-refractivity contribution in [3.05, 3.63) is 0 Å². The van der Waals surface area contributed by atoms with Crippen molar-refractivity contribution in [2.45, 2.75) is 57.5 Å². The minimum absolute atomic E-state index is 0.109. The molecule has 0 aliphatic rings. The van der Waals surface area contributed by atoms with Crippen LogP contribution < -0.4 is 28.4 Å². The average molecular weight is 679 g/mol. The van der Waals surface area contributed by atoms with Crippen LogP contribution in [0.3, 0.4) is 0 Å². The third-order valence-corrected chi connectivity index (χ3v) is 6.98. The van der Waals surface area contributed by atoms with Gasteiger partial charge in [0.25, 0.3) is 0 Å². The van der Waals surface area contributed by atoms with Crippen molar-refractivity contribution < 1.29 is 20.8 Å². The summed E-state index contributed by atoms with van der Waals surface area (Å²) in [5.41, 5.74) is 24.3. The normalized spacial score (nSPS) is 12.7. The SMILES string of the molecule is N#CCCN(CCC#N)CCN(CCC#N)CCC#N.NC(CCN(CCC(N)NO)CCN(CC/C(N)=N/O)CC/C(N)=N\O)=NO. The van der Waals surface area contributed by atoms with Gasteiger partial charge in [-0.2, -0.15) is 26.5 Å². The topological polar surface area (TPSA) is 342 Å². The van der Waals surface area contributed by atoms with E-state index in [2.05, 4.69) is 54.4 Å². The van der Waals surface area contributed by atoms with Crippen LogP contribution in [0, 0.1) is 45.3 Å². The molecule has 0 bridgehead atoms. The van der Waals surface area contributed by atoms with Crippen molar-refractivity contribution in [2.75, 3.05) is 78.5 Å². The molecule has 0 saturated heterocycles. The molecule has 0 spiro atoms. The maximum Gasteiger partial charge on any atom is 0.140 e. The predicted molar refractivity (Wildman–Crippen MR) is 178 cm³/mol. The minimum atomic E-state index is -0.566. The molecule has 0 saturated carbocycles. The molecule has 1 atom stereocenters. The largest absolute Gasteiger partial charge is 0.409 e. The van der Waals surface area contributed by atoms with E-state index in [-0.39, 0.29) is 17.5 Å². The van der Waals surface area contributed by atoms with Crippen LogP contribution in [0.2, 0.25) is 0 Å². The summed E-state index contributed by atoms with van der Waals surface area (Å²) in [4.78, 5) is 8.24. The summed E-state index contributed by atoms with van der Waals surface area (Å²) >= 11 is 0. The maximum atomic E-state index is 8.85. The van der Waals surface area contributed by atoms with Gasteiger partial charge in [0.15, 0.2) is 0 Å². The first-order valence-corrected chi connectivity index (χ1v) is 15.6. The molecular formula is C28H54N16O4.